The molecule has 0 heterocycles. The summed E-state index contributed by atoms with van der Waals surface area (Å²) in [7, 11) is 0. The molecular weight excluding hydrogens is 266 g/mol. The Labute approximate surface area is 127 Å². The summed E-state index contributed by atoms with van der Waals surface area (Å²) in [5.74, 6) is 2.33. The fourth-order valence-corrected chi connectivity index (χ4v) is 2.05. The number of nitrogens with one attached hydrogen (secondary N) is 1. The molecule has 118 valence electrons. The molecule has 1 aromatic rings. The predicted octanol–water partition coefficient (Wildman–Crippen LogP) is 3.35. The van der Waals surface area contributed by atoms with Crippen LogP contribution in [0.1, 0.15) is 39.2 Å². The highest BCUT2D eigenvalue weighted by Gasteiger charge is 2.21. The zero-order valence-corrected chi connectivity index (χ0v) is 13.4. The van der Waals surface area contributed by atoms with Gasteiger partial charge in [0.2, 0.25) is 0 Å². The first-order valence-electron chi connectivity index (χ1n) is 7.89. The van der Waals surface area contributed by atoms with Gasteiger partial charge in [-0.15, -0.1) is 0 Å². The molecule has 2 rings (SSSR count). The highest BCUT2D eigenvalue weighted by atomic mass is 16.7. The van der Waals surface area contributed by atoms with Crippen molar-refractivity contribution in [2.45, 2.75) is 46.2 Å². The second-order valence-electron chi connectivity index (χ2n) is 5.79. The first-order valence-corrected chi connectivity index (χ1v) is 7.89. The summed E-state index contributed by atoms with van der Waals surface area (Å²) in [6.45, 7) is 8.71. The summed E-state index contributed by atoms with van der Waals surface area (Å²) >= 11 is 0. The summed E-state index contributed by atoms with van der Waals surface area (Å²) in [6, 6.07) is 6.44. The number of hydrogen-bond acceptors (Lipinski definition) is 4. The lowest BCUT2D eigenvalue weighted by Gasteiger charge is -2.17. The molecule has 0 bridgehead atoms. The number of ether oxygens (including phenoxy) is 3. The van der Waals surface area contributed by atoms with Crippen molar-refractivity contribution in [2.75, 3.05) is 20.0 Å². The molecule has 1 aliphatic carbocycles. The monoisotopic (exact) mass is 293 g/mol. The molecule has 1 N–H and O–H groups in total. The topological polar surface area (TPSA) is 39.7 Å². The Kier molecular flexibility index (Phi) is 6.33. The van der Waals surface area contributed by atoms with Gasteiger partial charge in [0.05, 0.1) is 13.2 Å². The summed E-state index contributed by atoms with van der Waals surface area (Å²) < 4.78 is 17.1. The normalized spacial score (nSPS) is 14.5. The highest BCUT2D eigenvalue weighted by Crippen LogP contribution is 2.32. The quantitative estimate of drug-likeness (QED) is 0.530. The third-order valence-corrected chi connectivity index (χ3v) is 3.40. The van der Waals surface area contributed by atoms with E-state index in [2.05, 4.69) is 25.2 Å². The van der Waals surface area contributed by atoms with Gasteiger partial charge in [0, 0.05) is 18.2 Å². The van der Waals surface area contributed by atoms with Crippen LogP contribution in [0.4, 0.5) is 0 Å². The van der Waals surface area contributed by atoms with E-state index in [0.29, 0.717) is 12.6 Å². The summed E-state index contributed by atoms with van der Waals surface area (Å²) in [6.07, 6.45) is 2.58. The Bertz CT molecular complexity index is 430. The fraction of sp³-hybridized carbons (Fsp3) is 0.647. The standard InChI is InChI=1S/C17H27NO3/c1-4-20-16-7-5-6-15(10-18-13(2)3)17(16)21-12-19-11-14-8-9-14/h5-7,13-14,18H,4,8-12H2,1-3H3. The molecule has 0 aliphatic heterocycles. The average molecular weight is 293 g/mol. The number of rotatable bonds is 10. The van der Waals surface area contributed by atoms with Crippen molar-refractivity contribution in [3.63, 3.8) is 0 Å². The van der Waals surface area contributed by atoms with Gasteiger partial charge in [0.15, 0.2) is 18.3 Å². The largest absolute Gasteiger partial charge is 0.490 e. The zero-order valence-electron chi connectivity index (χ0n) is 13.4. The van der Waals surface area contributed by atoms with Crippen LogP contribution in [-0.4, -0.2) is 26.0 Å². The van der Waals surface area contributed by atoms with Crippen molar-refractivity contribution < 1.29 is 14.2 Å². The molecule has 0 unspecified atom stereocenters. The van der Waals surface area contributed by atoms with E-state index in [1.807, 2.05) is 19.1 Å². The van der Waals surface area contributed by atoms with Crippen LogP contribution in [0, 0.1) is 5.92 Å². The van der Waals surface area contributed by atoms with Crippen molar-refractivity contribution in [1.82, 2.24) is 5.32 Å². The van der Waals surface area contributed by atoms with Gasteiger partial charge in [0.25, 0.3) is 0 Å². The summed E-state index contributed by atoms with van der Waals surface area (Å²) in [5.41, 5.74) is 1.10. The van der Waals surface area contributed by atoms with Crippen LogP contribution in [0.25, 0.3) is 0 Å². The van der Waals surface area contributed by atoms with Crippen molar-refractivity contribution in [1.29, 1.82) is 0 Å². The fourth-order valence-electron chi connectivity index (χ4n) is 2.05. The zero-order chi connectivity index (χ0) is 15.1. The number of benzene rings is 1. The van der Waals surface area contributed by atoms with E-state index in [0.717, 1.165) is 36.1 Å². The Morgan fingerprint density at radius 2 is 2.05 bits per heavy atom. The Balaban J connectivity index is 1.97. The van der Waals surface area contributed by atoms with Gasteiger partial charge in [0.1, 0.15) is 0 Å². The first-order chi connectivity index (χ1) is 10.2. The molecule has 1 aliphatic rings. The maximum atomic E-state index is 5.84. The van der Waals surface area contributed by atoms with E-state index in [-0.39, 0.29) is 6.79 Å². The van der Waals surface area contributed by atoms with Gasteiger partial charge >= 0.3 is 0 Å². The van der Waals surface area contributed by atoms with Gasteiger partial charge < -0.3 is 19.5 Å². The lowest BCUT2D eigenvalue weighted by molar-refractivity contribution is 0.00780. The van der Waals surface area contributed by atoms with Crippen LogP contribution >= 0.6 is 0 Å². The van der Waals surface area contributed by atoms with Gasteiger partial charge in [-0.25, -0.2) is 0 Å². The van der Waals surface area contributed by atoms with Crippen LogP contribution in [0.3, 0.4) is 0 Å². The molecule has 1 fully saturated rings. The molecule has 0 amide bonds. The second-order valence-corrected chi connectivity index (χ2v) is 5.79. The molecule has 0 spiro atoms. The minimum Gasteiger partial charge on any atom is -0.490 e. The van der Waals surface area contributed by atoms with Crippen LogP contribution in [-0.2, 0) is 11.3 Å². The van der Waals surface area contributed by atoms with E-state index in [4.69, 9.17) is 14.2 Å². The molecule has 4 heteroatoms. The van der Waals surface area contributed by atoms with Crippen molar-refractivity contribution in [3.05, 3.63) is 23.8 Å². The predicted molar refractivity (Wildman–Crippen MR) is 83.8 cm³/mol. The minimum absolute atomic E-state index is 0.287. The first kappa shape index (κ1) is 16.1. The lowest BCUT2D eigenvalue weighted by Crippen LogP contribution is -2.22. The SMILES string of the molecule is CCOc1cccc(CNC(C)C)c1OCOCC1CC1. The molecule has 1 saturated carbocycles. The van der Waals surface area contributed by atoms with E-state index >= 15 is 0 Å². The maximum absolute atomic E-state index is 5.84. The smallest absolute Gasteiger partial charge is 0.189 e. The van der Waals surface area contributed by atoms with Crippen LogP contribution in [0.2, 0.25) is 0 Å². The molecule has 0 saturated heterocycles. The highest BCUT2D eigenvalue weighted by molar-refractivity contribution is 5.46. The Morgan fingerprint density at radius 1 is 1.24 bits per heavy atom. The summed E-state index contributed by atoms with van der Waals surface area (Å²) in [5, 5.41) is 3.41. The van der Waals surface area contributed by atoms with Gasteiger partial charge in [-0.3, -0.25) is 0 Å². The summed E-state index contributed by atoms with van der Waals surface area (Å²) in [4.78, 5) is 0. The molecule has 21 heavy (non-hydrogen) atoms. The van der Waals surface area contributed by atoms with E-state index < -0.39 is 0 Å². The van der Waals surface area contributed by atoms with Gasteiger partial charge in [-0.05, 0) is 31.7 Å². The molecule has 1 aromatic carbocycles. The third-order valence-electron chi connectivity index (χ3n) is 3.40. The van der Waals surface area contributed by atoms with Crippen LogP contribution < -0.4 is 14.8 Å². The third kappa shape index (κ3) is 5.56. The molecule has 0 atom stereocenters. The van der Waals surface area contributed by atoms with E-state index in [1.54, 1.807) is 0 Å². The maximum Gasteiger partial charge on any atom is 0.189 e. The van der Waals surface area contributed by atoms with Crippen molar-refractivity contribution >= 4 is 0 Å². The molecular formula is C17H27NO3. The molecule has 0 radical (unpaired) electrons. The van der Waals surface area contributed by atoms with Crippen molar-refractivity contribution in [3.8, 4) is 11.5 Å². The van der Waals surface area contributed by atoms with Gasteiger partial charge in [-0.1, -0.05) is 26.0 Å². The van der Waals surface area contributed by atoms with Crippen LogP contribution in [0.5, 0.6) is 11.5 Å². The Hall–Kier alpha value is -1.26. The lowest BCUT2D eigenvalue weighted by atomic mass is 10.1. The van der Waals surface area contributed by atoms with Crippen LogP contribution in [0.15, 0.2) is 18.2 Å². The molecule has 4 nitrogen and oxygen atoms in total. The molecule has 0 aromatic heterocycles. The minimum atomic E-state index is 0.287. The Morgan fingerprint density at radius 3 is 2.71 bits per heavy atom. The van der Waals surface area contributed by atoms with Gasteiger partial charge in [-0.2, -0.15) is 0 Å². The average Bonchev–Trinajstić information content (AvgIpc) is 3.27. The second kappa shape index (κ2) is 8.25. The number of hydrogen-bond donors (Lipinski definition) is 1. The number of para-hydroxylation sites is 1. The van der Waals surface area contributed by atoms with E-state index in [1.165, 1.54) is 12.8 Å². The van der Waals surface area contributed by atoms with Crippen molar-refractivity contribution in [2.24, 2.45) is 5.92 Å². The van der Waals surface area contributed by atoms with E-state index in [9.17, 15) is 0 Å².